The quantitative estimate of drug-likeness (QED) is 0.809. The van der Waals surface area contributed by atoms with Crippen molar-refractivity contribution >= 4 is 5.97 Å². The minimum absolute atomic E-state index is 0.0385. The van der Waals surface area contributed by atoms with E-state index in [1.807, 2.05) is 31.2 Å². The summed E-state index contributed by atoms with van der Waals surface area (Å²) >= 11 is 0. The zero-order valence-electron chi connectivity index (χ0n) is 11.4. The molecule has 0 aliphatic rings. The van der Waals surface area contributed by atoms with Crippen LogP contribution >= 0.6 is 0 Å². The molecular formula is C15H18N2O3. The van der Waals surface area contributed by atoms with Crippen LogP contribution < -0.4 is 5.32 Å². The van der Waals surface area contributed by atoms with Crippen LogP contribution in [-0.2, 0) is 30.7 Å². The highest BCUT2D eigenvalue weighted by atomic mass is 16.4. The Morgan fingerprint density at radius 3 is 2.70 bits per heavy atom. The number of oxazole rings is 1. The van der Waals surface area contributed by atoms with Gasteiger partial charge in [-0.3, -0.25) is 4.79 Å². The number of nitrogens with one attached hydrogen (secondary N) is 1. The van der Waals surface area contributed by atoms with Gasteiger partial charge in [-0.15, -0.1) is 0 Å². The van der Waals surface area contributed by atoms with Crippen molar-refractivity contribution in [1.29, 1.82) is 0 Å². The van der Waals surface area contributed by atoms with Crippen molar-refractivity contribution in [3.63, 3.8) is 0 Å². The highest BCUT2D eigenvalue weighted by molar-refractivity contribution is 5.70. The summed E-state index contributed by atoms with van der Waals surface area (Å²) in [6.07, 6.45) is 2.60. The van der Waals surface area contributed by atoms with E-state index in [9.17, 15) is 4.79 Å². The van der Waals surface area contributed by atoms with Crippen LogP contribution in [0.25, 0.3) is 0 Å². The molecule has 0 radical (unpaired) electrons. The minimum Gasteiger partial charge on any atom is -0.481 e. The Hall–Kier alpha value is -2.14. The second-order valence-electron chi connectivity index (χ2n) is 4.52. The summed E-state index contributed by atoms with van der Waals surface area (Å²) < 4.78 is 5.50. The summed E-state index contributed by atoms with van der Waals surface area (Å²) in [6.45, 7) is 3.13. The van der Waals surface area contributed by atoms with Gasteiger partial charge in [0.2, 0.25) is 5.89 Å². The maximum Gasteiger partial charge on any atom is 0.307 e. The van der Waals surface area contributed by atoms with E-state index in [-0.39, 0.29) is 6.42 Å². The lowest BCUT2D eigenvalue weighted by Crippen LogP contribution is -2.15. The van der Waals surface area contributed by atoms with E-state index in [2.05, 4.69) is 10.3 Å². The average molecular weight is 274 g/mol. The molecule has 1 aromatic heterocycles. The SMILES string of the molecule is CCc1cnc(CNCc2ccccc2CC(=O)O)o1. The van der Waals surface area contributed by atoms with E-state index < -0.39 is 5.97 Å². The Balaban J connectivity index is 1.92. The van der Waals surface area contributed by atoms with Crippen LogP contribution in [0, 0.1) is 0 Å². The topological polar surface area (TPSA) is 75.4 Å². The first-order chi connectivity index (χ1) is 9.69. The molecule has 0 bridgehead atoms. The molecule has 20 heavy (non-hydrogen) atoms. The summed E-state index contributed by atoms with van der Waals surface area (Å²) in [6, 6.07) is 7.52. The zero-order chi connectivity index (χ0) is 14.4. The standard InChI is InChI=1S/C15H18N2O3/c1-2-13-9-17-14(20-13)10-16-8-12-6-4-3-5-11(12)7-15(18)19/h3-6,9,16H,2,7-8,10H2,1H3,(H,18,19). The Labute approximate surface area is 117 Å². The van der Waals surface area contributed by atoms with Gasteiger partial charge < -0.3 is 14.8 Å². The molecular weight excluding hydrogens is 256 g/mol. The molecule has 2 rings (SSSR count). The molecule has 5 heteroatoms. The molecule has 2 N–H and O–H groups in total. The zero-order valence-corrected chi connectivity index (χ0v) is 11.4. The van der Waals surface area contributed by atoms with Crippen LogP contribution in [0.3, 0.4) is 0 Å². The number of benzene rings is 1. The van der Waals surface area contributed by atoms with Crippen molar-refractivity contribution in [2.45, 2.75) is 32.9 Å². The number of carboxylic acids is 1. The smallest absolute Gasteiger partial charge is 0.307 e. The number of aliphatic carboxylic acids is 1. The Kier molecular flexibility index (Phi) is 4.90. The van der Waals surface area contributed by atoms with Gasteiger partial charge >= 0.3 is 5.97 Å². The van der Waals surface area contributed by atoms with Gasteiger partial charge in [-0.25, -0.2) is 4.98 Å². The molecule has 0 spiro atoms. The molecule has 0 amide bonds. The molecule has 1 aromatic carbocycles. The number of carboxylic acid groups (broad SMARTS) is 1. The molecule has 0 aliphatic carbocycles. The van der Waals surface area contributed by atoms with Gasteiger partial charge in [0.25, 0.3) is 0 Å². The highest BCUT2D eigenvalue weighted by Crippen LogP contribution is 2.10. The van der Waals surface area contributed by atoms with Crippen LogP contribution in [0.15, 0.2) is 34.9 Å². The van der Waals surface area contributed by atoms with Crippen molar-refractivity contribution in [3.05, 3.63) is 53.2 Å². The molecule has 0 fully saturated rings. The van der Waals surface area contributed by atoms with Crippen LogP contribution in [0.4, 0.5) is 0 Å². The van der Waals surface area contributed by atoms with Crippen LogP contribution in [-0.4, -0.2) is 16.1 Å². The third-order valence-electron chi connectivity index (χ3n) is 3.00. The number of nitrogens with zero attached hydrogens (tertiary/aromatic N) is 1. The average Bonchev–Trinajstić information content (AvgIpc) is 2.88. The molecule has 106 valence electrons. The summed E-state index contributed by atoms with van der Waals surface area (Å²) in [5.41, 5.74) is 1.81. The first-order valence-corrected chi connectivity index (χ1v) is 6.62. The van der Waals surface area contributed by atoms with Crippen LogP contribution in [0.2, 0.25) is 0 Å². The Bertz CT molecular complexity index is 578. The fourth-order valence-corrected chi connectivity index (χ4v) is 1.96. The molecule has 0 saturated heterocycles. The molecule has 2 aromatic rings. The number of rotatable bonds is 7. The number of hydrogen-bond donors (Lipinski definition) is 2. The Morgan fingerprint density at radius 2 is 2.05 bits per heavy atom. The highest BCUT2D eigenvalue weighted by Gasteiger charge is 2.07. The van der Waals surface area contributed by atoms with Crippen molar-refractivity contribution in [2.75, 3.05) is 0 Å². The number of hydrogen-bond acceptors (Lipinski definition) is 4. The first kappa shape index (κ1) is 14.3. The van der Waals surface area contributed by atoms with E-state index in [4.69, 9.17) is 9.52 Å². The summed E-state index contributed by atoms with van der Waals surface area (Å²) in [5, 5.41) is 12.1. The largest absolute Gasteiger partial charge is 0.481 e. The maximum absolute atomic E-state index is 10.8. The van der Waals surface area contributed by atoms with Crippen molar-refractivity contribution in [3.8, 4) is 0 Å². The number of aromatic nitrogens is 1. The van der Waals surface area contributed by atoms with Gasteiger partial charge in [0.1, 0.15) is 5.76 Å². The summed E-state index contributed by atoms with van der Waals surface area (Å²) in [7, 11) is 0. The van der Waals surface area contributed by atoms with E-state index in [0.717, 1.165) is 23.3 Å². The normalized spacial score (nSPS) is 10.7. The van der Waals surface area contributed by atoms with Gasteiger partial charge in [0, 0.05) is 13.0 Å². The van der Waals surface area contributed by atoms with E-state index in [0.29, 0.717) is 19.0 Å². The lowest BCUT2D eigenvalue weighted by Gasteiger charge is -2.08. The van der Waals surface area contributed by atoms with Gasteiger partial charge in [0.15, 0.2) is 0 Å². The van der Waals surface area contributed by atoms with Crippen LogP contribution in [0.5, 0.6) is 0 Å². The van der Waals surface area contributed by atoms with Gasteiger partial charge in [-0.2, -0.15) is 0 Å². The predicted octanol–water partition coefficient (Wildman–Crippen LogP) is 2.15. The second kappa shape index (κ2) is 6.86. The predicted molar refractivity (Wildman–Crippen MR) is 74.2 cm³/mol. The van der Waals surface area contributed by atoms with Crippen LogP contribution in [0.1, 0.15) is 29.7 Å². The molecule has 0 unspecified atom stereocenters. The van der Waals surface area contributed by atoms with Crippen molar-refractivity contribution < 1.29 is 14.3 Å². The maximum atomic E-state index is 10.8. The third-order valence-corrected chi connectivity index (χ3v) is 3.00. The lowest BCUT2D eigenvalue weighted by molar-refractivity contribution is -0.136. The minimum atomic E-state index is -0.822. The first-order valence-electron chi connectivity index (χ1n) is 6.62. The number of carbonyl (C=O) groups is 1. The molecule has 0 atom stereocenters. The Morgan fingerprint density at radius 1 is 1.30 bits per heavy atom. The summed E-state index contributed by atoms with van der Waals surface area (Å²) in [4.78, 5) is 15.0. The van der Waals surface area contributed by atoms with Gasteiger partial charge in [0.05, 0.1) is 19.2 Å². The van der Waals surface area contributed by atoms with Crippen molar-refractivity contribution in [1.82, 2.24) is 10.3 Å². The van der Waals surface area contributed by atoms with E-state index >= 15 is 0 Å². The van der Waals surface area contributed by atoms with Gasteiger partial charge in [-0.1, -0.05) is 31.2 Å². The molecule has 0 saturated carbocycles. The fraction of sp³-hybridized carbons (Fsp3) is 0.333. The molecule has 5 nitrogen and oxygen atoms in total. The number of aryl methyl sites for hydroxylation is 1. The van der Waals surface area contributed by atoms with Crippen molar-refractivity contribution in [2.24, 2.45) is 0 Å². The van der Waals surface area contributed by atoms with E-state index in [1.54, 1.807) is 6.20 Å². The molecule has 1 heterocycles. The van der Waals surface area contributed by atoms with E-state index in [1.165, 1.54) is 0 Å². The van der Waals surface area contributed by atoms with Gasteiger partial charge in [-0.05, 0) is 11.1 Å². The molecule has 0 aliphatic heterocycles. The monoisotopic (exact) mass is 274 g/mol. The fourth-order valence-electron chi connectivity index (χ4n) is 1.96. The lowest BCUT2D eigenvalue weighted by atomic mass is 10.0. The third kappa shape index (κ3) is 3.93. The summed E-state index contributed by atoms with van der Waals surface area (Å²) in [5.74, 6) is 0.698. The second-order valence-corrected chi connectivity index (χ2v) is 4.52.